The Hall–Kier alpha value is -2.18. The summed E-state index contributed by atoms with van der Waals surface area (Å²) in [6, 6.07) is 14.0. The van der Waals surface area contributed by atoms with Crippen LogP contribution in [0.15, 0.2) is 42.5 Å². The van der Waals surface area contributed by atoms with Gasteiger partial charge in [-0.25, -0.2) is 0 Å². The summed E-state index contributed by atoms with van der Waals surface area (Å²) >= 11 is 2.01. The maximum absolute atomic E-state index is 12.5. The summed E-state index contributed by atoms with van der Waals surface area (Å²) in [4.78, 5) is 14.9. The molecule has 142 valence electrons. The molecule has 0 atom stereocenters. The Labute approximate surface area is 164 Å². The minimum atomic E-state index is 0.0364. The second kappa shape index (κ2) is 8.67. The molecular formula is C21H24N2O3S. The van der Waals surface area contributed by atoms with E-state index in [0.29, 0.717) is 12.8 Å². The zero-order chi connectivity index (χ0) is 18.5. The summed E-state index contributed by atoms with van der Waals surface area (Å²) in [6.07, 6.45) is 1.11. The number of nitrogens with one attached hydrogen (secondary N) is 1. The smallest absolute Gasteiger partial charge is 0.231 e. The number of aryl methyl sites for hydroxylation is 1. The van der Waals surface area contributed by atoms with E-state index in [1.807, 2.05) is 48.2 Å². The average molecular weight is 385 g/mol. The molecule has 5 nitrogen and oxygen atoms in total. The topological polar surface area (TPSA) is 50.8 Å². The van der Waals surface area contributed by atoms with Gasteiger partial charge in [0.15, 0.2) is 11.5 Å². The van der Waals surface area contributed by atoms with Crippen LogP contribution in [0.1, 0.15) is 17.5 Å². The Kier molecular flexibility index (Phi) is 5.84. The van der Waals surface area contributed by atoms with Gasteiger partial charge in [0.1, 0.15) is 0 Å². The Morgan fingerprint density at radius 3 is 2.78 bits per heavy atom. The highest BCUT2D eigenvalue weighted by Gasteiger charge is 2.15. The molecule has 2 aliphatic heterocycles. The largest absolute Gasteiger partial charge is 0.454 e. The molecule has 4 rings (SSSR count). The first kappa shape index (κ1) is 18.2. The van der Waals surface area contributed by atoms with Gasteiger partial charge in [0.2, 0.25) is 12.7 Å². The Balaban J connectivity index is 1.34. The minimum Gasteiger partial charge on any atom is -0.454 e. The molecule has 2 aromatic rings. The zero-order valence-corrected chi connectivity index (χ0v) is 16.1. The van der Waals surface area contributed by atoms with Crippen molar-refractivity contribution >= 4 is 23.4 Å². The number of hydrogen-bond acceptors (Lipinski definition) is 5. The van der Waals surface area contributed by atoms with Gasteiger partial charge in [0, 0.05) is 43.2 Å². The maximum atomic E-state index is 12.5. The zero-order valence-electron chi connectivity index (χ0n) is 15.3. The third kappa shape index (κ3) is 4.76. The van der Waals surface area contributed by atoms with Crippen LogP contribution in [0.4, 0.5) is 5.69 Å². The van der Waals surface area contributed by atoms with Crippen molar-refractivity contribution in [1.29, 1.82) is 0 Å². The second-order valence-corrected chi connectivity index (χ2v) is 8.01. The summed E-state index contributed by atoms with van der Waals surface area (Å²) in [6.45, 7) is 3.37. The molecule has 0 saturated carbocycles. The molecule has 0 radical (unpaired) electrons. The monoisotopic (exact) mass is 384 g/mol. The number of carbonyl (C=O) groups excluding carboxylic acids is 1. The van der Waals surface area contributed by atoms with Crippen LogP contribution < -0.4 is 14.8 Å². The van der Waals surface area contributed by atoms with E-state index in [2.05, 4.69) is 16.3 Å². The number of benzene rings is 2. The van der Waals surface area contributed by atoms with E-state index in [4.69, 9.17) is 9.47 Å². The lowest BCUT2D eigenvalue weighted by Gasteiger charge is -2.27. The Bertz CT molecular complexity index is 806. The quantitative estimate of drug-likeness (QED) is 0.826. The molecule has 2 aliphatic rings. The number of fused-ring (bicyclic) bond motifs is 1. The van der Waals surface area contributed by atoms with E-state index in [0.717, 1.165) is 42.4 Å². The van der Waals surface area contributed by atoms with Gasteiger partial charge in [-0.1, -0.05) is 24.3 Å². The van der Waals surface area contributed by atoms with Crippen molar-refractivity contribution in [3.63, 3.8) is 0 Å². The number of hydrogen-bond donors (Lipinski definition) is 1. The summed E-state index contributed by atoms with van der Waals surface area (Å²) in [7, 11) is 0. The maximum Gasteiger partial charge on any atom is 0.231 e. The van der Waals surface area contributed by atoms with Crippen LogP contribution in [0.5, 0.6) is 11.5 Å². The first-order valence-electron chi connectivity index (χ1n) is 9.34. The normalized spacial score (nSPS) is 16.3. The lowest BCUT2D eigenvalue weighted by molar-refractivity contribution is -0.116. The van der Waals surface area contributed by atoms with Gasteiger partial charge in [-0.05, 0) is 35.7 Å². The lowest BCUT2D eigenvalue weighted by atomic mass is 10.1. The molecule has 2 aromatic carbocycles. The first-order valence-corrected chi connectivity index (χ1v) is 10.5. The van der Waals surface area contributed by atoms with Gasteiger partial charge in [0.05, 0.1) is 0 Å². The Morgan fingerprint density at radius 1 is 1.07 bits per heavy atom. The molecular weight excluding hydrogens is 360 g/mol. The van der Waals surface area contributed by atoms with Gasteiger partial charge < -0.3 is 14.8 Å². The number of anilines is 1. The molecule has 1 saturated heterocycles. The average Bonchev–Trinajstić information content (AvgIpc) is 3.17. The number of amides is 1. The van der Waals surface area contributed by atoms with E-state index in [-0.39, 0.29) is 12.7 Å². The third-order valence-corrected chi connectivity index (χ3v) is 5.81. The number of rotatable bonds is 6. The van der Waals surface area contributed by atoms with E-state index in [1.54, 1.807) is 0 Å². The molecule has 1 fully saturated rings. The minimum absolute atomic E-state index is 0.0364. The third-order valence-electron chi connectivity index (χ3n) is 4.87. The summed E-state index contributed by atoms with van der Waals surface area (Å²) < 4.78 is 10.7. The van der Waals surface area contributed by atoms with E-state index in [1.165, 1.54) is 17.1 Å². The second-order valence-electron chi connectivity index (χ2n) is 6.78. The molecule has 0 aromatic heterocycles. The summed E-state index contributed by atoms with van der Waals surface area (Å²) in [5.41, 5.74) is 3.18. The summed E-state index contributed by atoms with van der Waals surface area (Å²) in [5, 5.41) is 3.10. The standard InChI is InChI=1S/C21H24N2O3S/c24-21(8-6-16-5-7-19-20(13-16)26-15-25-19)22-18-4-2-1-3-17(18)14-23-9-11-27-12-10-23/h1-5,7,13H,6,8-12,14-15H2,(H,22,24). The van der Waals surface area contributed by atoms with Crippen molar-refractivity contribution in [2.75, 3.05) is 36.7 Å². The predicted octanol–water partition coefficient (Wildman–Crippen LogP) is 3.54. The fraction of sp³-hybridized carbons (Fsp3) is 0.381. The van der Waals surface area contributed by atoms with Crippen molar-refractivity contribution in [3.05, 3.63) is 53.6 Å². The van der Waals surface area contributed by atoms with Crippen molar-refractivity contribution in [2.24, 2.45) is 0 Å². The highest BCUT2D eigenvalue weighted by molar-refractivity contribution is 7.99. The van der Waals surface area contributed by atoms with Crippen LogP contribution in [-0.4, -0.2) is 42.2 Å². The van der Waals surface area contributed by atoms with Crippen molar-refractivity contribution < 1.29 is 14.3 Å². The number of carbonyl (C=O) groups is 1. The SMILES string of the molecule is O=C(CCc1ccc2c(c1)OCO2)Nc1ccccc1CN1CCSCC1. The van der Waals surface area contributed by atoms with Gasteiger partial charge in [-0.15, -0.1) is 0 Å². The number of thioether (sulfide) groups is 1. The van der Waals surface area contributed by atoms with Crippen LogP contribution in [0.25, 0.3) is 0 Å². The van der Waals surface area contributed by atoms with Crippen molar-refractivity contribution in [3.8, 4) is 11.5 Å². The van der Waals surface area contributed by atoms with Gasteiger partial charge in [-0.3, -0.25) is 9.69 Å². The molecule has 27 heavy (non-hydrogen) atoms. The molecule has 6 heteroatoms. The van der Waals surface area contributed by atoms with Crippen molar-refractivity contribution in [2.45, 2.75) is 19.4 Å². The van der Waals surface area contributed by atoms with Crippen LogP contribution in [0.3, 0.4) is 0 Å². The van der Waals surface area contributed by atoms with Crippen LogP contribution in [0.2, 0.25) is 0 Å². The Morgan fingerprint density at radius 2 is 1.89 bits per heavy atom. The predicted molar refractivity (Wildman–Crippen MR) is 109 cm³/mol. The molecule has 0 aliphatic carbocycles. The van der Waals surface area contributed by atoms with Crippen molar-refractivity contribution in [1.82, 2.24) is 4.90 Å². The fourth-order valence-electron chi connectivity index (χ4n) is 3.35. The number of para-hydroxylation sites is 1. The molecule has 0 unspecified atom stereocenters. The van der Waals surface area contributed by atoms with Crippen LogP contribution >= 0.6 is 11.8 Å². The van der Waals surface area contributed by atoms with Gasteiger partial charge in [0.25, 0.3) is 0 Å². The molecule has 1 amide bonds. The molecule has 1 N–H and O–H groups in total. The highest BCUT2D eigenvalue weighted by Crippen LogP contribution is 2.32. The van der Waals surface area contributed by atoms with E-state index in [9.17, 15) is 4.79 Å². The van der Waals surface area contributed by atoms with E-state index >= 15 is 0 Å². The summed E-state index contributed by atoms with van der Waals surface area (Å²) in [5.74, 6) is 3.94. The number of nitrogens with zero attached hydrogens (tertiary/aromatic N) is 1. The molecule has 0 spiro atoms. The molecule has 0 bridgehead atoms. The fourth-order valence-corrected chi connectivity index (χ4v) is 4.33. The van der Waals surface area contributed by atoms with Gasteiger partial charge >= 0.3 is 0 Å². The van der Waals surface area contributed by atoms with Gasteiger partial charge in [-0.2, -0.15) is 11.8 Å². The van der Waals surface area contributed by atoms with Crippen LogP contribution in [-0.2, 0) is 17.8 Å². The van der Waals surface area contributed by atoms with E-state index < -0.39 is 0 Å². The molecule has 2 heterocycles. The van der Waals surface area contributed by atoms with Crippen LogP contribution in [0, 0.1) is 0 Å². The lowest BCUT2D eigenvalue weighted by Crippen LogP contribution is -2.32. The highest BCUT2D eigenvalue weighted by atomic mass is 32.2. The first-order chi connectivity index (χ1) is 13.3. The number of ether oxygens (including phenoxy) is 2.